The molecule has 13 heavy (non-hydrogen) atoms. The molecule has 0 aromatic heterocycles. The summed E-state index contributed by atoms with van der Waals surface area (Å²) in [5.74, 6) is -3.05. The number of carboxylic acids is 1. The lowest BCUT2D eigenvalue weighted by Crippen LogP contribution is -2.48. The van der Waals surface area contributed by atoms with Crippen molar-refractivity contribution in [2.45, 2.75) is 24.4 Å². The average molecular weight is 191 g/mol. The van der Waals surface area contributed by atoms with Gasteiger partial charge < -0.3 is 30.0 Å². The van der Waals surface area contributed by atoms with Gasteiger partial charge in [0.1, 0.15) is 12.2 Å². The normalized spacial score (nSPS) is 35.6. The first-order valence-corrected chi connectivity index (χ1v) is 3.40. The Morgan fingerprint density at radius 2 is 2.08 bits per heavy atom. The summed E-state index contributed by atoms with van der Waals surface area (Å²) in [5, 5.41) is 36.7. The van der Waals surface area contributed by atoms with Crippen molar-refractivity contribution in [1.29, 1.82) is 0 Å². The number of carbonyl (C=O) groups excluding carboxylic acids is 2. The van der Waals surface area contributed by atoms with Crippen LogP contribution in [0.3, 0.4) is 0 Å². The fourth-order valence-corrected chi connectivity index (χ4v) is 0.978. The van der Waals surface area contributed by atoms with Crippen molar-refractivity contribution in [3.8, 4) is 0 Å². The molecule has 0 amide bonds. The van der Waals surface area contributed by atoms with E-state index in [1.165, 1.54) is 0 Å². The third kappa shape index (κ3) is 1.62. The van der Waals surface area contributed by atoms with Crippen LogP contribution in [-0.2, 0) is 14.3 Å². The number of esters is 1. The summed E-state index contributed by atoms with van der Waals surface area (Å²) in [5.41, 5.74) is 0. The molecule has 74 valence electrons. The molecular weight excluding hydrogens is 184 g/mol. The molecule has 1 saturated heterocycles. The highest BCUT2D eigenvalue weighted by Gasteiger charge is 2.46. The summed E-state index contributed by atoms with van der Waals surface area (Å²) < 4.78 is 4.20. The molecule has 7 nitrogen and oxygen atoms in total. The van der Waals surface area contributed by atoms with Crippen LogP contribution in [0, 0.1) is 0 Å². The van der Waals surface area contributed by atoms with Gasteiger partial charge in [-0.25, -0.2) is 4.79 Å². The van der Waals surface area contributed by atoms with E-state index >= 15 is 0 Å². The molecule has 0 spiro atoms. The van der Waals surface area contributed by atoms with E-state index in [-0.39, 0.29) is 0 Å². The number of aliphatic hydroxyl groups excluding tert-OH is 3. The monoisotopic (exact) mass is 191 g/mol. The van der Waals surface area contributed by atoms with Gasteiger partial charge in [-0.3, -0.25) is 0 Å². The van der Waals surface area contributed by atoms with E-state index in [2.05, 4.69) is 4.74 Å². The standard InChI is InChI=1S/C6H8O7/c7-1-2(8)6(12)13-4(1)3(9)5(10)11/h1-4,7-9H,(H,10,11)/p-1/t1-,2-,3?,4-/m1/s1. The van der Waals surface area contributed by atoms with Crippen LogP contribution in [0.5, 0.6) is 0 Å². The lowest BCUT2D eigenvalue weighted by atomic mass is 10.1. The van der Waals surface area contributed by atoms with Crippen LogP contribution in [-0.4, -0.2) is 51.7 Å². The second kappa shape index (κ2) is 3.29. The summed E-state index contributed by atoms with van der Waals surface area (Å²) >= 11 is 0. The molecule has 1 fully saturated rings. The highest BCUT2D eigenvalue weighted by molar-refractivity contribution is 5.80. The number of cyclic esters (lactones) is 1. The number of hydrogen-bond donors (Lipinski definition) is 3. The maximum absolute atomic E-state index is 10.6. The molecule has 1 heterocycles. The molecule has 1 unspecified atom stereocenters. The summed E-state index contributed by atoms with van der Waals surface area (Å²) in [6.07, 6.45) is -7.39. The number of ether oxygens (including phenoxy) is 1. The second-order valence-corrected chi connectivity index (χ2v) is 2.60. The van der Waals surface area contributed by atoms with Crippen molar-refractivity contribution in [3.05, 3.63) is 0 Å². The van der Waals surface area contributed by atoms with E-state index in [0.29, 0.717) is 0 Å². The van der Waals surface area contributed by atoms with E-state index in [0.717, 1.165) is 0 Å². The third-order valence-corrected chi connectivity index (χ3v) is 1.71. The van der Waals surface area contributed by atoms with Crippen LogP contribution in [0.4, 0.5) is 0 Å². The third-order valence-electron chi connectivity index (χ3n) is 1.71. The Hall–Kier alpha value is -1.18. The van der Waals surface area contributed by atoms with Crippen LogP contribution < -0.4 is 5.11 Å². The van der Waals surface area contributed by atoms with Crippen LogP contribution >= 0.6 is 0 Å². The maximum Gasteiger partial charge on any atom is 0.338 e. The zero-order valence-corrected chi connectivity index (χ0v) is 6.28. The van der Waals surface area contributed by atoms with Gasteiger partial charge in [0.15, 0.2) is 12.2 Å². The Morgan fingerprint density at radius 1 is 1.54 bits per heavy atom. The number of aliphatic hydroxyl groups is 3. The average Bonchev–Trinajstić information content (AvgIpc) is 2.31. The fraction of sp³-hybridized carbons (Fsp3) is 0.667. The molecule has 0 aromatic rings. The predicted molar refractivity (Wildman–Crippen MR) is 32.9 cm³/mol. The molecule has 0 aromatic carbocycles. The summed E-state index contributed by atoms with van der Waals surface area (Å²) in [4.78, 5) is 20.7. The Labute approximate surface area is 72.2 Å². The molecule has 1 rings (SSSR count). The molecule has 1 aliphatic heterocycles. The topological polar surface area (TPSA) is 127 Å². The lowest BCUT2D eigenvalue weighted by molar-refractivity contribution is -0.319. The molecule has 1 aliphatic rings. The van der Waals surface area contributed by atoms with Gasteiger partial charge in [0, 0.05) is 0 Å². The number of carboxylic acid groups (broad SMARTS) is 1. The smallest absolute Gasteiger partial charge is 0.338 e. The molecule has 0 saturated carbocycles. The quantitative estimate of drug-likeness (QED) is 0.377. The van der Waals surface area contributed by atoms with E-state index in [1.807, 2.05) is 0 Å². The van der Waals surface area contributed by atoms with Gasteiger partial charge in [0.2, 0.25) is 0 Å². The minimum Gasteiger partial charge on any atom is -0.547 e. The summed E-state index contributed by atoms with van der Waals surface area (Å²) in [6.45, 7) is 0. The first-order chi connectivity index (χ1) is 5.95. The van der Waals surface area contributed by atoms with Crippen molar-refractivity contribution >= 4 is 11.9 Å². The van der Waals surface area contributed by atoms with Crippen molar-refractivity contribution < 1.29 is 34.8 Å². The van der Waals surface area contributed by atoms with Gasteiger partial charge in [0.25, 0.3) is 0 Å². The largest absolute Gasteiger partial charge is 0.547 e. The highest BCUT2D eigenvalue weighted by atomic mass is 16.6. The van der Waals surface area contributed by atoms with Crippen LogP contribution in [0.2, 0.25) is 0 Å². The molecule has 3 N–H and O–H groups in total. The van der Waals surface area contributed by atoms with Crippen LogP contribution in [0.25, 0.3) is 0 Å². The minimum atomic E-state index is -2.14. The van der Waals surface area contributed by atoms with E-state index in [4.69, 9.17) is 15.3 Å². The van der Waals surface area contributed by atoms with Gasteiger partial charge >= 0.3 is 5.97 Å². The second-order valence-electron chi connectivity index (χ2n) is 2.60. The predicted octanol–water partition coefficient (Wildman–Crippen LogP) is -4.26. The van der Waals surface area contributed by atoms with Crippen LogP contribution in [0.1, 0.15) is 0 Å². The fourth-order valence-electron chi connectivity index (χ4n) is 0.978. The van der Waals surface area contributed by atoms with Gasteiger partial charge in [-0.1, -0.05) is 0 Å². The molecular formula is C6H7O7-. The van der Waals surface area contributed by atoms with Crippen LogP contribution in [0.15, 0.2) is 0 Å². The van der Waals surface area contributed by atoms with Crippen molar-refractivity contribution in [3.63, 3.8) is 0 Å². The Balaban J connectivity index is 2.73. The van der Waals surface area contributed by atoms with Crippen molar-refractivity contribution in [1.82, 2.24) is 0 Å². The molecule has 0 radical (unpaired) electrons. The highest BCUT2D eigenvalue weighted by Crippen LogP contribution is 2.18. The molecule has 4 atom stereocenters. The van der Waals surface area contributed by atoms with E-state index in [1.54, 1.807) is 0 Å². The first kappa shape index (κ1) is 9.90. The number of rotatable bonds is 2. The van der Waals surface area contributed by atoms with Gasteiger partial charge in [-0.05, 0) is 0 Å². The SMILES string of the molecule is O=C([O-])C(O)[C@@H]1OC(=O)[C@H](O)[C@H]1O. The molecule has 0 aliphatic carbocycles. The van der Waals surface area contributed by atoms with Gasteiger partial charge in [-0.2, -0.15) is 0 Å². The van der Waals surface area contributed by atoms with Gasteiger partial charge in [-0.15, -0.1) is 0 Å². The number of aliphatic carboxylic acids is 1. The Kier molecular flexibility index (Phi) is 2.50. The Morgan fingerprint density at radius 3 is 2.38 bits per heavy atom. The minimum absolute atomic E-state index is 1.17. The van der Waals surface area contributed by atoms with Crippen molar-refractivity contribution in [2.24, 2.45) is 0 Å². The number of carbonyl (C=O) groups is 2. The zero-order chi connectivity index (χ0) is 10.2. The number of hydrogen-bond acceptors (Lipinski definition) is 7. The first-order valence-electron chi connectivity index (χ1n) is 3.40. The van der Waals surface area contributed by atoms with E-state index < -0.39 is 36.4 Å². The Bertz CT molecular complexity index is 237. The maximum atomic E-state index is 10.6. The van der Waals surface area contributed by atoms with Gasteiger partial charge in [0.05, 0.1) is 5.97 Å². The summed E-state index contributed by atoms with van der Waals surface area (Å²) in [6, 6.07) is 0. The van der Waals surface area contributed by atoms with E-state index in [9.17, 15) is 14.7 Å². The lowest BCUT2D eigenvalue weighted by Gasteiger charge is -2.20. The molecule has 7 heteroatoms. The molecule has 0 bridgehead atoms. The zero-order valence-electron chi connectivity index (χ0n) is 6.28. The summed E-state index contributed by atoms with van der Waals surface area (Å²) in [7, 11) is 0. The van der Waals surface area contributed by atoms with Crippen molar-refractivity contribution in [2.75, 3.05) is 0 Å².